The van der Waals surface area contributed by atoms with Gasteiger partial charge in [0.2, 0.25) is 0 Å². The van der Waals surface area contributed by atoms with Crippen LogP contribution >= 0.6 is 24.0 Å². The summed E-state index contributed by atoms with van der Waals surface area (Å²) in [7, 11) is 1.67. The molecular formula is C16H26Cl2N2O2. The fourth-order valence-corrected chi connectivity index (χ4v) is 2.75. The van der Waals surface area contributed by atoms with Gasteiger partial charge in [-0.15, -0.1) is 12.4 Å². The predicted octanol–water partition coefficient (Wildman–Crippen LogP) is 2.88. The summed E-state index contributed by atoms with van der Waals surface area (Å²) < 4.78 is 10.8. The van der Waals surface area contributed by atoms with E-state index < -0.39 is 0 Å². The summed E-state index contributed by atoms with van der Waals surface area (Å²) in [5, 5.41) is 7.67. The molecule has 126 valence electrons. The highest BCUT2D eigenvalue weighted by Gasteiger charge is 2.12. The van der Waals surface area contributed by atoms with E-state index in [1.807, 2.05) is 18.2 Å². The van der Waals surface area contributed by atoms with Crippen LogP contribution in [-0.4, -0.2) is 40.0 Å². The summed E-state index contributed by atoms with van der Waals surface area (Å²) in [6.45, 7) is 5.24. The Morgan fingerprint density at radius 3 is 2.77 bits per heavy atom. The second-order valence-corrected chi connectivity index (χ2v) is 5.85. The lowest BCUT2D eigenvalue weighted by molar-refractivity contribution is 0.145. The summed E-state index contributed by atoms with van der Waals surface area (Å²) in [5.74, 6) is 1.65. The van der Waals surface area contributed by atoms with Gasteiger partial charge in [-0.3, -0.25) is 0 Å². The fraction of sp³-hybridized carbons (Fsp3) is 0.625. The van der Waals surface area contributed by atoms with Gasteiger partial charge in [0.1, 0.15) is 12.4 Å². The Kier molecular flexibility index (Phi) is 9.84. The Balaban J connectivity index is 0.00000242. The van der Waals surface area contributed by atoms with Crippen molar-refractivity contribution in [2.75, 3.05) is 40.0 Å². The number of piperidine rings is 1. The van der Waals surface area contributed by atoms with Crippen molar-refractivity contribution >= 4 is 24.0 Å². The first-order chi connectivity index (χ1) is 10.3. The molecule has 0 spiro atoms. The minimum atomic E-state index is 0. The minimum Gasteiger partial charge on any atom is -0.491 e. The summed E-state index contributed by atoms with van der Waals surface area (Å²) in [5.41, 5.74) is 1.10. The van der Waals surface area contributed by atoms with Gasteiger partial charge in [0.15, 0.2) is 0 Å². The lowest BCUT2D eigenvalue weighted by atomic mass is 9.98. The molecule has 0 bridgehead atoms. The first kappa shape index (κ1) is 19.5. The standard InChI is InChI=1S/C16H25ClN2O2.ClH/c1-20-8-9-21-16-3-2-15(17)10-14(16)12-19-11-13-4-6-18-7-5-13;/h2-3,10,13,18-19H,4-9,11-12H2,1H3;1H. The van der Waals surface area contributed by atoms with Crippen LogP contribution in [0.2, 0.25) is 5.02 Å². The van der Waals surface area contributed by atoms with E-state index in [1.54, 1.807) is 7.11 Å². The summed E-state index contributed by atoms with van der Waals surface area (Å²) in [4.78, 5) is 0. The average molecular weight is 349 g/mol. The third-order valence-corrected chi connectivity index (χ3v) is 4.01. The number of benzene rings is 1. The molecule has 1 aliphatic rings. The van der Waals surface area contributed by atoms with Crippen LogP contribution < -0.4 is 15.4 Å². The number of ether oxygens (including phenoxy) is 2. The molecule has 4 nitrogen and oxygen atoms in total. The van der Waals surface area contributed by atoms with Gasteiger partial charge in [0.05, 0.1) is 6.61 Å². The van der Waals surface area contributed by atoms with Crippen molar-refractivity contribution in [3.05, 3.63) is 28.8 Å². The molecule has 1 heterocycles. The molecular weight excluding hydrogens is 323 g/mol. The second-order valence-electron chi connectivity index (χ2n) is 5.42. The van der Waals surface area contributed by atoms with Crippen molar-refractivity contribution in [2.45, 2.75) is 19.4 Å². The lowest BCUT2D eigenvalue weighted by Gasteiger charge is -2.23. The van der Waals surface area contributed by atoms with Crippen LogP contribution in [-0.2, 0) is 11.3 Å². The topological polar surface area (TPSA) is 42.5 Å². The van der Waals surface area contributed by atoms with Crippen LogP contribution in [0, 0.1) is 5.92 Å². The highest BCUT2D eigenvalue weighted by molar-refractivity contribution is 6.30. The zero-order valence-corrected chi connectivity index (χ0v) is 14.6. The van der Waals surface area contributed by atoms with Gasteiger partial charge in [0.25, 0.3) is 0 Å². The maximum Gasteiger partial charge on any atom is 0.124 e. The predicted molar refractivity (Wildman–Crippen MR) is 93.4 cm³/mol. The van der Waals surface area contributed by atoms with Crippen LogP contribution in [0.1, 0.15) is 18.4 Å². The minimum absolute atomic E-state index is 0. The van der Waals surface area contributed by atoms with Crippen LogP contribution in [0.15, 0.2) is 18.2 Å². The molecule has 1 saturated heterocycles. The van der Waals surface area contributed by atoms with Crippen molar-refractivity contribution in [1.29, 1.82) is 0 Å². The highest BCUT2D eigenvalue weighted by atomic mass is 35.5. The van der Waals surface area contributed by atoms with E-state index in [2.05, 4.69) is 10.6 Å². The smallest absolute Gasteiger partial charge is 0.124 e. The molecule has 1 aromatic rings. The van der Waals surface area contributed by atoms with Gasteiger partial charge >= 0.3 is 0 Å². The van der Waals surface area contributed by atoms with Gasteiger partial charge in [-0.2, -0.15) is 0 Å². The molecule has 0 saturated carbocycles. The molecule has 0 atom stereocenters. The lowest BCUT2D eigenvalue weighted by Crippen LogP contribution is -2.33. The van der Waals surface area contributed by atoms with Gasteiger partial charge in [-0.1, -0.05) is 11.6 Å². The molecule has 6 heteroatoms. The monoisotopic (exact) mass is 348 g/mol. The maximum absolute atomic E-state index is 6.09. The van der Waals surface area contributed by atoms with Crippen LogP contribution in [0.25, 0.3) is 0 Å². The van der Waals surface area contributed by atoms with Gasteiger partial charge < -0.3 is 20.1 Å². The molecule has 2 rings (SSSR count). The van der Waals surface area contributed by atoms with Crippen molar-refractivity contribution in [3.8, 4) is 5.75 Å². The van der Waals surface area contributed by atoms with Gasteiger partial charge in [0, 0.05) is 24.2 Å². The third-order valence-electron chi connectivity index (χ3n) is 3.77. The largest absolute Gasteiger partial charge is 0.491 e. The zero-order chi connectivity index (χ0) is 14.9. The molecule has 2 N–H and O–H groups in total. The van der Waals surface area contributed by atoms with Crippen LogP contribution in [0.4, 0.5) is 0 Å². The van der Waals surface area contributed by atoms with Crippen LogP contribution in [0.5, 0.6) is 5.75 Å². The van der Waals surface area contributed by atoms with Crippen molar-refractivity contribution in [2.24, 2.45) is 5.92 Å². The van der Waals surface area contributed by atoms with Crippen LogP contribution in [0.3, 0.4) is 0 Å². The first-order valence-electron chi connectivity index (χ1n) is 7.61. The van der Waals surface area contributed by atoms with E-state index in [0.717, 1.165) is 48.4 Å². The Morgan fingerprint density at radius 1 is 1.27 bits per heavy atom. The number of rotatable bonds is 8. The Hall–Kier alpha value is -0.520. The summed E-state index contributed by atoms with van der Waals surface area (Å²) in [6.07, 6.45) is 2.50. The van der Waals surface area contributed by atoms with E-state index in [9.17, 15) is 0 Å². The summed E-state index contributed by atoms with van der Waals surface area (Å²) in [6, 6.07) is 5.76. The first-order valence-corrected chi connectivity index (χ1v) is 7.99. The number of hydrogen-bond donors (Lipinski definition) is 2. The zero-order valence-electron chi connectivity index (χ0n) is 13.1. The second kappa shape index (κ2) is 11.1. The van der Waals surface area contributed by atoms with Gasteiger partial charge in [-0.05, 0) is 56.6 Å². The average Bonchev–Trinajstić information content (AvgIpc) is 2.51. The molecule has 1 aromatic carbocycles. The number of halogens is 2. The molecule has 0 aliphatic carbocycles. The van der Waals surface area contributed by atoms with Crippen molar-refractivity contribution in [1.82, 2.24) is 10.6 Å². The van der Waals surface area contributed by atoms with Crippen molar-refractivity contribution < 1.29 is 9.47 Å². The maximum atomic E-state index is 6.09. The molecule has 22 heavy (non-hydrogen) atoms. The van der Waals surface area contributed by atoms with E-state index in [1.165, 1.54) is 12.8 Å². The van der Waals surface area contributed by atoms with E-state index >= 15 is 0 Å². The number of hydrogen-bond acceptors (Lipinski definition) is 4. The molecule has 0 unspecified atom stereocenters. The molecule has 1 aliphatic heterocycles. The van der Waals surface area contributed by atoms with E-state index in [-0.39, 0.29) is 12.4 Å². The molecule has 0 amide bonds. The molecule has 0 radical (unpaired) electrons. The normalized spacial score (nSPS) is 15.4. The number of methoxy groups -OCH3 is 1. The van der Waals surface area contributed by atoms with Gasteiger partial charge in [-0.25, -0.2) is 0 Å². The van der Waals surface area contributed by atoms with Crippen molar-refractivity contribution in [3.63, 3.8) is 0 Å². The summed E-state index contributed by atoms with van der Waals surface area (Å²) >= 11 is 6.09. The Bertz CT molecular complexity index is 427. The Labute approximate surface area is 144 Å². The SMILES string of the molecule is COCCOc1ccc(Cl)cc1CNCC1CCNCC1.Cl. The fourth-order valence-electron chi connectivity index (χ4n) is 2.56. The third kappa shape index (κ3) is 6.71. The highest BCUT2D eigenvalue weighted by Crippen LogP contribution is 2.23. The quantitative estimate of drug-likeness (QED) is 0.709. The number of nitrogens with one attached hydrogen (secondary N) is 2. The van der Waals surface area contributed by atoms with E-state index in [0.29, 0.717) is 13.2 Å². The Morgan fingerprint density at radius 2 is 2.05 bits per heavy atom. The van der Waals surface area contributed by atoms with E-state index in [4.69, 9.17) is 21.1 Å². The molecule has 1 fully saturated rings. The molecule has 0 aromatic heterocycles.